The lowest BCUT2D eigenvalue weighted by Crippen LogP contribution is -2.10. The maximum atomic E-state index is 11.2. The van der Waals surface area contributed by atoms with Crippen molar-refractivity contribution < 1.29 is 4.79 Å². The molecule has 90 valence electrons. The van der Waals surface area contributed by atoms with Gasteiger partial charge in [-0.05, 0) is 17.7 Å². The summed E-state index contributed by atoms with van der Waals surface area (Å²) < 4.78 is 1.63. The van der Waals surface area contributed by atoms with Crippen LogP contribution in [0.3, 0.4) is 0 Å². The first-order valence-corrected chi connectivity index (χ1v) is 5.43. The molecule has 1 amide bonds. The van der Waals surface area contributed by atoms with Gasteiger partial charge in [0.25, 0.3) is 0 Å². The molecule has 0 bridgehead atoms. The number of hydrogen-bond donors (Lipinski definition) is 2. The Morgan fingerprint density at radius 1 is 1.56 bits per heavy atom. The molecule has 3 heterocycles. The molecule has 0 aliphatic carbocycles. The number of amides is 1. The molecular formula is C12H11N5O. The molecule has 0 atom stereocenters. The van der Waals surface area contributed by atoms with E-state index in [2.05, 4.69) is 22.0 Å². The molecule has 1 aliphatic heterocycles. The molecule has 6 nitrogen and oxygen atoms in total. The highest BCUT2D eigenvalue weighted by Gasteiger charge is 2.19. The van der Waals surface area contributed by atoms with Crippen molar-refractivity contribution >= 4 is 23.4 Å². The number of rotatable bonds is 1. The van der Waals surface area contributed by atoms with Gasteiger partial charge < -0.3 is 11.1 Å². The van der Waals surface area contributed by atoms with Gasteiger partial charge in [-0.15, -0.1) is 0 Å². The Morgan fingerprint density at radius 3 is 3.11 bits per heavy atom. The molecule has 1 saturated heterocycles. The topological polar surface area (TPSA) is 85.3 Å². The van der Waals surface area contributed by atoms with Crippen molar-refractivity contribution in [3.63, 3.8) is 0 Å². The second kappa shape index (κ2) is 3.69. The molecule has 3 N–H and O–H groups in total. The first kappa shape index (κ1) is 10.5. The van der Waals surface area contributed by atoms with Gasteiger partial charge in [-0.1, -0.05) is 6.58 Å². The van der Waals surface area contributed by atoms with Crippen LogP contribution in [0.25, 0.3) is 11.7 Å². The van der Waals surface area contributed by atoms with Crippen LogP contribution in [0.5, 0.6) is 0 Å². The third-order valence-electron chi connectivity index (χ3n) is 2.78. The molecule has 3 rings (SSSR count). The standard InChI is InChI=1S/C12H11N5O/c1-7-8(5-11(18)15-7)4-9-6-14-17-3-2-10(13)16-12(9)17/h2-4,6H,1,5H2,(H2,13,16)(H,15,18)/b8-4+. The SMILES string of the molecule is C=C1NC(=O)C/C1=C\c1cnn2ccc(N)nc12. The van der Waals surface area contributed by atoms with Crippen LogP contribution in [0.15, 0.2) is 36.3 Å². The normalized spacial score (nSPS) is 17.7. The molecule has 0 saturated carbocycles. The smallest absolute Gasteiger partial charge is 0.228 e. The van der Waals surface area contributed by atoms with Crippen LogP contribution in [0.4, 0.5) is 5.82 Å². The molecular weight excluding hydrogens is 230 g/mol. The van der Waals surface area contributed by atoms with E-state index in [-0.39, 0.29) is 5.91 Å². The van der Waals surface area contributed by atoms with Gasteiger partial charge in [-0.3, -0.25) is 4.79 Å². The van der Waals surface area contributed by atoms with E-state index in [4.69, 9.17) is 5.73 Å². The largest absolute Gasteiger partial charge is 0.384 e. The van der Waals surface area contributed by atoms with E-state index in [0.29, 0.717) is 23.6 Å². The van der Waals surface area contributed by atoms with Gasteiger partial charge in [0.05, 0.1) is 12.6 Å². The predicted molar refractivity (Wildman–Crippen MR) is 67.3 cm³/mol. The van der Waals surface area contributed by atoms with Gasteiger partial charge in [0.2, 0.25) is 5.91 Å². The minimum atomic E-state index is -0.0461. The second-order valence-electron chi connectivity index (χ2n) is 4.09. The lowest BCUT2D eigenvalue weighted by atomic mass is 10.1. The zero-order valence-corrected chi connectivity index (χ0v) is 9.55. The zero-order chi connectivity index (χ0) is 12.7. The summed E-state index contributed by atoms with van der Waals surface area (Å²) in [5.41, 5.74) is 8.60. The highest BCUT2D eigenvalue weighted by molar-refractivity contribution is 5.89. The average Bonchev–Trinajstić information content (AvgIpc) is 2.84. The van der Waals surface area contributed by atoms with Gasteiger partial charge in [0.15, 0.2) is 5.65 Å². The minimum Gasteiger partial charge on any atom is -0.384 e. The van der Waals surface area contributed by atoms with Crippen LogP contribution >= 0.6 is 0 Å². The number of nitrogens with one attached hydrogen (secondary N) is 1. The van der Waals surface area contributed by atoms with Crippen molar-refractivity contribution in [1.82, 2.24) is 19.9 Å². The first-order valence-electron chi connectivity index (χ1n) is 5.43. The van der Waals surface area contributed by atoms with Crippen LogP contribution in [0, 0.1) is 0 Å². The third-order valence-corrected chi connectivity index (χ3v) is 2.78. The molecule has 1 fully saturated rings. The fourth-order valence-electron chi connectivity index (χ4n) is 1.90. The molecule has 0 unspecified atom stereocenters. The monoisotopic (exact) mass is 241 g/mol. The number of carbonyl (C=O) groups excluding carboxylic acids is 1. The third kappa shape index (κ3) is 1.64. The van der Waals surface area contributed by atoms with Crippen molar-refractivity contribution in [1.29, 1.82) is 0 Å². The number of aromatic nitrogens is 3. The van der Waals surface area contributed by atoms with E-state index >= 15 is 0 Å². The lowest BCUT2D eigenvalue weighted by molar-refractivity contribution is -0.118. The number of carbonyl (C=O) groups is 1. The Morgan fingerprint density at radius 2 is 2.39 bits per heavy atom. The van der Waals surface area contributed by atoms with Crippen molar-refractivity contribution in [2.75, 3.05) is 5.73 Å². The van der Waals surface area contributed by atoms with E-state index in [1.165, 1.54) is 0 Å². The summed E-state index contributed by atoms with van der Waals surface area (Å²) in [6, 6.07) is 1.68. The van der Waals surface area contributed by atoms with Crippen LogP contribution in [-0.2, 0) is 4.79 Å². The van der Waals surface area contributed by atoms with E-state index < -0.39 is 0 Å². The summed E-state index contributed by atoms with van der Waals surface area (Å²) >= 11 is 0. The van der Waals surface area contributed by atoms with E-state index in [1.54, 1.807) is 23.0 Å². The van der Waals surface area contributed by atoms with Gasteiger partial charge in [0.1, 0.15) is 5.82 Å². The number of nitrogen functional groups attached to an aromatic ring is 1. The lowest BCUT2D eigenvalue weighted by Gasteiger charge is -1.97. The Hall–Kier alpha value is -2.63. The molecule has 0 spiro atoms. The fourth-order valence-corrected chi connectivity index (χ4v) is 1.90. The van der Waals surface area contributed by atoms with Gasteiger partial charge in [0, 0.05) is 17.5 Å². The van der Waals surface area contributed by atoms with Gasteiger partial charge in [-0.2, -0.15) is 5.10 Å². The summed E-state index contributed by atoms with van der Waals surface area (Å²) in [4.78, 5) is 15.5. The zero-order valence-electron chi connectivity index (χ0n) is 9.55. The summed E-state index contributed by atoms with van der Waals surface area (Å²) in [6.45, 7) is 3.79. The second-order valence-corrected chi connectivity index (χ2v) is 4.09. The first-order chi connectivity index (χ1) is 8.63. The van der Waals surface area contributed by atoms with Crippen molar-refractivity contribution in [2.24, 2.45) is 0 Å². The molecule has 6 heteroatoms. The maximum absolute atomic E-state index is 11.2. The molecule has 1 aliphatic rings. The van der Waals surface area contributed by atoms with E-state index in [1.807, 2.05) is 6.08 Å². The van der Waals surface area contributed by atoms with E-state index in [9.17, 15) is 4.79 Å². The number of allylic oxidation sites excluding steroid dienone is 1. The van der Waals surface area contributed by atoms with Crippen molar-refractivity contribution in [2.45, 2.75) is 6.42 Å². The Labute approximate surface area is 103 Å². The number of anilines is 1. The molecule has 0 radical (unpaired) electrons. The molecule has 0 aromatic carbocycles. The van der Waals surface area contributed by atoms with Crippen molar-refractivity contribution in [3.05, 3.63) is 41.9 Å². The Bertz CT molecular complexity index is 698. The van der Waals surface area contributed by atoms with Crippen LogP contribution in [0.2, 0.25) is 0 Å². The maximum Gasteiger partial charge on any atom is 0.228 e. The summed E-state index contributed by atoms with van der Waals surface area (Å²) in [7, 11) is 0. The summed E-state index contributed by atoms with van der Waals surface area (Å²) in [5.74, 6) is 0.386. The molecule has 2 aromatic rings. The quantitative estimate of drug-likeness (QED) is 0.770. The number of nitrogens with zero attached hydrogens (tertiary/aromatic N) is 3. The van der Waals surface area contributed by atoms with Crippen LogP contribution in [0.1, 0.15) is 12.0 Å². The summed E-state index contributed by atoms with van der Waals surface area (Å²) in [5, 5.41) is 6.83. The molecule has 2 aromatic heterocycles. The van der Waals surface area contributed by atoms with Gasteiger partial charge >= 0.3 is 0 Å². The van der Waals surface area contributed by atoms with Crippen molar-refractivity contribution in [3.8, 4) is 0 Å². The summed E-state index contributed by atoms with van der Waals surface area (Å²) in [6.07, 6.45) is 5.62. The molecule has 18 heavy (non-hydrogen) atoms. The highest BCUT2D eigenvalue weighted by Crippen LogP contribution is 2.22. The Kier molecular flexibility index (Phi) is 2.16. The number of hydrogen-bond acceptors (Lipinski definition) is 4. The van der Waals surface area contributed by atoms with Crippen LogP contribution in [-0.4, -0.2) is 20.5 Å². The van der Waals surface area contributed by atoms with Gasteiger partial charge in [-0.25, -0.2) is 9.50 Å². The fraction of sp³-hybridized carbons (Fsp3) is 0.0833. The van der Waals surface area contributed by atoms with E-state index in [0.717, 1.165) is 11.1 Å². The number of fused-ring (bicyclic) bond motifs is 1. The highest BCUT2D eigenvalue weighted by atomic mass is 16.1. The minimum absolute atomic E-state index is 0.0461. The average molecular weight is 241 g/mol. The van der Waals surface area contributed by atoms with Crippen LogP contribution < -0.4 is 11.1 Å². The number of nitrogens with two attached hydrogens (primary N) is 1. The predicted octanol–water partition coefficient (Wildman–Crippen LogP) is 0.728. The Balaban J connectivity index is 2.10.